The monoisotopic (exact) mass is 195 g/mol. The molecule has 1 heterocycles. The van der Waals surface area contributed by atoms with Gasteiger partial charge in [0.05, 0.1) is 5.69 Å². The van der Waals surface area contributed by atoms with Gasteiger partial charge in [0.1, 0.15) is 0 Å². The molecule has 14 heavy (non-hydrogen) atoms. The predicted molar refractivity (Wildman–Crippen MR) is 59.3 cm³/mol. The van der Waals surface area contributed by atoms with E-state index < -0.39 is 0 Å². The van der Waals surface area contributed by atoms with E-state index >= 15 is 0 Å². The Balaban J connectivity index is 3.07. The number of aryl methyl sites for hydroxylation is 2. The maximum absolute atomic E-state index is 5.84. The lowest BCUT2D eigenvalue weighted by atomic mass is 10.0. The van der Waals surface area contributed by atoms with Crippen molar-refractivity contribution in [3.05, 3.63) is 17.0 Å². The topological polar surface area (TPSA) is 43.8 Å². The van der Waals surface area contributed by atoms with Crippen LogP contribution < -0.4 is 5.73 Å². The Labute approximate surface area is 86.3 Å². The minimum absolute atomic E-state index is 0.217. The Hall–Kier alpha value is -0.830. The highest BCUT2D eigenvalue weighted by Gasteiger charge is 2.14. The quantitative estimate of drug-likeness (QED) is 0.790. The van der Waals surface area contributed by atoms with Crippen LogP contribution in [0.4, 0.5) is 0 Å². The second kappa shape index (κ2) is 4.60. The van der Waals surface area contributed by atoms with Gasteiger partial charge < -0.3 is 5.73 Å². The zero-order chi connectivity index (χ0) is 10.7. The molecule has 0 fully saturated rings. The van der Waals surface area contributed by atoms with Crippen LogP contribution in [-0.2, 0) is 26.3 Å². The Bertz CT molecular complexity index is 300. The lowest BCUT2D eigenvalue weighted by Gasteiger charge is -2.07. The SMILES string of the molecule is CCc1nn(C)c(CC)c1CC(C)N. The molecule has 0 amide bonds. The van der Waals surface area contributed by atoms with Gasteiger partial charge in [-0.15, -0.1) is 0 Å². The molecule has 1 aromatic rings. The predicted octanol–water partition coefficient (Wildman–Crippen LogP) is 1.43. The minimum Gasteiger partial charge on any atom is -0.328 e. The molecular formula is C11H21N3. The number of hydrogen-bond donors (Lipinski definition) is 1. The molecule has 3 nitrogen and oxygen atoms in total. The summed E-state index contributed by atoms with van der Waals surface area (Å²) in [6.45, 7) is 6.36. The maximum atomic E-state index is 5.84. The van der Waals surface area contributed by atoms with Crippen molar-refractivity contribution < 1.29 is 0 Å². The Morgan fingerprint density at radius 1 is 1.36 bits per heavy atom. The first-order chi connectivity index (χ1) is 6.60. The third-order valence-electron chi connectivity index (χ3n) is 2.55. The summed E-state index contributed by atoms with van der Waals surface area (Å²) >= 11 is 0. The third kappa shape index (κ3) is 2.15. The zero-order valence-electron chi connectivity index (χ0n) is 9.67. The number of nitrogens with two attached hydrogens (primary N) is 1. The highest BCUT2D eigenvalue weighted by Crippen LogP contribution is 2.16. The second-order valence-electron chi connectivity index (χ2n) is 3.88. The van der Waals surface area contributed by atoms with Gasteiger partial charge in [-0.3, -0.25) is 4.68 Å². The van der Waals surface area contributed by atoms with E-state index in [1.54, 1.807) is 0 Å². The van der Waals surface area contributed by atoms with Gasteiger partial charge in [-0.2, -0.15) is 5.10 Å². The Morgan fingerprint density at radius 3 is 2.43 bits per heavy atom. The normalized spacial score (nSPS) is 13.2. The van der Waals surface area contributed by atoms with E-state index in [-0.39, 0.29) is 6.04 Å². The fourth-order valence-electron chi connectivity index (χ4n) is 1.95. The molecule has 0 aliphatic rings. The van der Waals surface area contributed by atoms with Crippen molar-refractivity contribution in [1.29, 1.82) is 0 Å². The number of aromatic nitrogens is 2. The molecule has 0 aromatic carbocycles. The highest BCUT2D eigenvalue weighted by molar-refractivity contribution is 5.27. The molecule has 1 aromatic heterocycles. The molecule has 1 unspecified atom stereocenters. The molecule has 0 saturated carbocycles. The van der Waals surface area contributed by atoms with Crippen LogP contribution in [0.2, 0.25) is 0 Å². The van der Waals surface area contributed by atoms with E-state index in [1.807, 2.05) is 18.7 Å². The van der Waals surface area contributed by atoms with E-state index in [1.165, 1.54) is 17.0 Å². The lowest BCUT2D eigenvalue weighted by molar-refractivity contribution is 0.696. The van der Waals surface area contributed by atoms with Crippen LogP contribution in [0.3, 0.4) is 0 Å². The van der Waals surface area contributed by atoms with E-state index in [4.69, 9.17) is 5.73 Å². The summed E-state index contributed by atoms with van der Waals surface area (Å²) in [6, 6.07) is 0.217. The molecule has 0 spiro atoms. The first-order valence-corrected chi connectivity index (χ1v) is 5.39. The molecule has 2 N–H and O–H groups in total. The van der Waals surface area contributed by atoms with Gasteiger partial charge in [-0.1, -0.05) is 13.8 Å². The summed E-state index contributed by atoms with van der Waals surface area (Å²) in [7, 11) is 2.02. The van der Waals surface area contributed by atoms with E-state index in [0.29, 0.717) is 0 Å². The van der Waals surface area contributed by atoms with Gasteiger partial charge in [-0.25, -0.2) is 0 Å². The summed E-state index contributed by atoms with van der Waals surface area (Å²) < 4.78 is 2.00. The summed E-state index contributed by atoms with van der Waals surface area (Å²) in [4.78, 5) is 0. The van der Waals surface area contributed by atoms with Crippen molar-refractivity contribution in [2.45, 2.75) is 46.1 Å². The standard InChI is InChI=1S/C11H21N3/c1-5-10-9(7-8(3)12)11(6-2)14(4)13-10/h8H,5-7,12H2,1-4H3. The molecule has 1 rings (SSSR count). The largest absolute Gasteiger partial charge is 0.328 e. The molecule has 0 saturated heterocycles. The number of nitrogens with zero attached hydrogens (tertiary/aromatic N) is 2. The van der Waals surface area contributed by atoms with Crippen molar-refractivity contribution in [2.24, 2.45) is 12.8 Å². The van der Waals surface area contributed by atoms with Crippen LogP contribution in [0, 0.1) is 0 Å². The van der Waals surface area contributed by atoms with E-state index in [9.17, 15) is 0 Å². The van der Waals surface area contributed by atoms with Crippen molar-refractivity contribution >= 4 is 0 Å². The van der Waals surface area contributed by atoms with E-state index in [2.05, 4.69) is 18.9 Å². The van der Waals surface area contributed by atoms with Gasteiger partial charge in [0.15, 0.2) is 0 Å². The second-order valence-corrected chi connectivity index (χ2v) is 3.88. The smallest absolute Gasteiger partial charge is 0.0657 e. The number of rotatable bonds is 4. The highest BCUT2D eigenvalue weighted by atomic mass is 15.3. The Morgan fingerprint density at radius 2 is 2.00 bits per heavy atom. The van der Waals surface area contributed by atoms with Crippen molar-refractivity contribution in [3.8, 4) is 0 Å². The van der Waals surface area contributed by atoms with E-state index in [0.717, 1.165) is 19.3 Å². The fourth-order valence-corrected chi connectivity index (χ4v) is 1.95. The molecule has 80 valence electrons. The summed E-state index contributed by atoms with van der Waals surface area (Å²) in [5.41, 5.74) is 9.75. The van der Waals surface area contributed by atoms with Crippen LogP contribution >= 0.6 is 0 Å². The first kappa shape index (κ1) is 11.2. The van der Waals surface area contributed by atoms with Gasteiger partial charge >= 0.3 is 0 Å². The third-order valence-corrected chi connectivity index (χ3v) is 2.55. The van der Waals surface area contributed by atoms with Crippen LogP contribution in [0.1, 0.15) is 37.7 Å². The van der Waals surface area contributed by atoms with Gasteiger partial charge in [0.25, 0.3) is 0 Å². The summed E-state index contributed by atoms with van der Waals surface area (Å²) in [6.07, 6.45) is 2.97. The fraction of sp³-hybridized carbons (Fsp3) is 0.727. The van der Waals surface area contributed by atoms with Crippen LogP contribution in [0.25, 0.3) is 0 Å². The van der Waals surface area contributed by atoms with Gasteiger partial charge in [-0.05, 0) is 31.7 Å². The zero-order valence-corrected chi connectivity index (χ0v) is 9.67. The summed E-state index contributed by atoms with van der Waals surface area (Å²) in [5.74, 6) is 0. The molecule has 0 aliphatic carbocycles. The number of hydrogen-bond acceptors (Lipinski definition) is 2. The van der Waals surface area contributed by atoms with Crippen LogP contribution in [-0.4, -0.2) is 15.8 Å². The molecule has 0 radical (unpaired) electrons. The Kier molecular flexibility index (Phi) is 3.69. The van der Waals surface area contributed by atoms with Crippen molar-refractivity contribution in [2.75, 3.05) is 0 Å². The average molecular weight is 195 g/mol. The lowest BCUT2D eigenvalue weighted by Crippen LogP contribution is -2.19. The molecular weight excluding hydrogens is 174 g/mol. The molecule has 0 aliphatic heterocycles. The van der Waals surface area contributed by atoms with Crippen LogP contribution in [0.5, 0.6) is 0 Å². The van der Waals surface area contributed by atoms with Gasteiger partial charge in [0, 0.05) is 18.8 Å². The molecule has 1 atom stereocenters. The van der Waals surface area contributed by atoms with Crippen molar-refractivity contribution in [3.63, 3.8) is 0 Å². The first-order valence-electron chi connectivity index (χ1n) is 5.39. The molecule has 0 bridgehead atoms. The van der Waals surface area contributed by atoms with Crippen molar-refractivity contribution in [1.82, 2.24) is 9.78 Å². The molecule has 3 heteroatoms. The van der Waals surface area contributed by atoms with Gasteiger partial charge in [0.2, 0.25) is 0 Å². The maximum Gasteiger partial charge on any atom is 0.0657 e. The van der Waals surface area contributed by atoms with Crippen LogP contribution in [0.15, 0.2) is 0 Å². The summed E-state index contributed by atoms with van der Waals surface area (Å²) in [5, 5.41) is 4.51. The minimum atomic E-state index is 0.217. The average Bonchev–Trinajstić information content (AvgIpc) is 2.41.